The first-order chi connectivity index (χ1) is 6.22. The molecular weight excluding hydrogens is 186 g/mol. The standard InChI is InChI=1S/C9H10ClN3/c1-2-13-8-4-3-6(11)5-7(8)9(10)12-13/h3-5H,2,11H2,1H3. The fourth-order valence-electron chi connectivity index (χ4n) is 1.40. The van der Waals surface area contributed by atoms with Crippen molar-refractivity contribution in [1.29, 1.82) is 0 Å². The van der Waals surface area contributed by atoms with Crippen molar-refractivity contribution in [3.8, 4) is 0 Å². The number of aromatic nitrogens is 2. The monoisotopic (exact) mass is 195 g/mol. The molecule has 68 valence electrons. The normalized spacial score (nSPS) is 10.9. The molecule has 0 atom stereocenters. The molecule has 0 fully saturated rings. The largest absolute Gasteiger partial charge is 0.399 e. The van der Waals surface area contributed by atoms with Crippen molar-refractivity contribution in [2.45, 2.75) is 13.5 Å². The van der Waals surface area contributed by atoms with Gasteiger partial charge in [0.15, 0.2) is 5.15 Å². The maximum Gasteiger partial charge on any atom is 0.158 e. The highest BCUT2D eigenvalue weighted by Crippen LogP contribution is 2.24. The lowest BCUT2D eigenvalue weighted by atomic mass is 10.2. The fraction of sp³-hybridized carbons (Fsp3) is 0.222. The van der Waals surface area contributed by atoms with E-state index in [9.17, 15) is 0 Å². The molecule has 13 heavy (non-hydrogen) atoms. The van der Waals surface area contributed by atoms with Gasteiger partial charge in [0.2, 0.25) is 0 Å². The van der Waals surface area contributed by atoms with Crippen molar-refractivity contribution in [2.24, 2.45) is 0 Å². The Morgan fingerprint density at radius 2 is 2.31 bits per heavy atom. The molecule has 0 saturated carbocycles. The van der Waals surface area contributed by atoms with Crippen LogP contribution in [0.1, 0.15) is 6.92 Å². The third-order valence-electron chi connectivity index (χ3n) is 2.03. The summed E-state index contributed by atoms with van der Waals surface area (Å²) in [5.74, 6) is 0. The number of nitrogens with zero attached hydrogens (tertiary/aromatic N) is 2. The zero-order valence-electron chi connectivity index (χ0n) is 7.29. The molecule has 2 N–H and O–H groups in total. The van der Waals surface area contributed by atoms with Gasteiger partial charge in [-0.25, -0.2) is 0 Å². The van der Waals surface area contributed by atoms with Crippen LogP contribution in [0.5, 0.6) is 0 Å². The number of rotatable bonds is 1. The number of anilines is 1. The van der Waals surface area contributed by atoms with E-state index in [4.69, 9.17) is 17.3 Å². The summed E-state index contributed by atoms with van der Waals surface area (Å²) in [6.07, 6.45) is 0. The van der Waals surface area contributed by atoms with Crippen LogP contribution in [0.3, 0.4) is 0 Å². The van der Waals surface area contributed by atoms with Crippen LogP contribution in [-0.4, -0.2) is 9.78 Å². The average molecular weight is 196 g/mol. The third-order valence-corrected chi connectivity index (χ3v) is 2.31. The zero-order valence-corrected chi connectivity index (χ0v) is 8.04. The maximum atomic E-state index is 5.94. The summed E-state index contributed by atoms with van der Waals surface area (Å²) in [7, 11) is 0. The molecule has 3 nitrogen and oxygen atoms in total. The Morgan fingerprint density at radius 3 is 3.00 bits per heavy atom. The van der Waals surface area contributed by atoms with E-state index in [2.05, 4.69) is 5.10 Å². The molecule has 0 spiro atoms. The molecule has 4 heteroatoms. The van der Waals surface area contributed by atoms with Crippen molar-refractivity contribution in [3.05, 3.63) is 23.4 Å². The smallest absolute Gasteiger partial charge is 0.158 e. The highest BCUT2D eigenvalue weighted by Gasteiger charge is 2.06. The van der Waals surface area contributed by atoms with E-state index in [1.807, 2.05) is 29.8 Å². The first-order valence-corrected chi connectivity index (χ1v) is 4.51. The Balaban J connectivity index is 2.80. The number of nitrogens with two attached hydrogens (primary N) is 1. The molecule has 2 rings (SSSR count). The van der Waals surface area contributed by atoms with E-state index in [0.29, 0.717) is 10.8 Å². The number of hydrogen-bond donors (Lipinski definition) is 1. The van der Waals surface area contributed by atoms with Gasteiger partial charge in [0.1, 0.15) is 0 Å². The number of benzene rings is 1. The minimum atomic E-state index is 0.518. The molecule has 0 radical (unpaired) electrons. The fourth-order valence-corrected chi connectivity index (χ4v) is 1.64. The Labute approximate surface area is 81.1 Å². The molecule has 0 aliphatic heterocycles. The summed E-state index contributed by atoms with van der Waals surface area (Å²) in [6, 6.07) is 5.64. The Hall–Kier alpha value is -1.22. The number of halogens is 1. The molecule has 0 aliphatic carbocycles. The van der Waals surface area contributed by atoms with Gasteiger partial charge in [-0.3, -0.25) is 4.68 Å². The van der Waals surface area contributed by atoms with Crippen LogP contribution in [0.4, 0.5) is 5.69 Å². The second-order valence-electron chi connectivity index (χ2n) is 2.88. The molecule has 1 aromatic carbocycles. The molecule has 0 saturated heterocycles. The molecule has 0 amide bonds. The average Bonchev–Trinajstić information content (AvgIpc) is 2.43. The molecule has 1 heterocycles. The van der Waals surface area contributed by atoms with Crippen molar-refractivity contribution < 1.29 is 0 Å². The Morgan fingerprint density at radius 1 is 1.54 bits per heavy atom. The maximum absolute atomic E-state index is 5.94. The third kappa shape index (κ3) is 1.25. The lowest BCUT2D eigenvalue weighted by Gasteiger charge is -1.97. The Bertz CT molecular complexity index is 447. The van der Waals surface area contributed by atoms with Gasteiger partial charge in [-0.2, -0.15) is 5.10 Å². The van der Waals surface area contributed by atoms with Gasteiger partial charge < -0.3 is 5.73 Å². The molecule has 0 unspecified atom stereocenters. The summed E-state index contributed by atoms with van der Waals surface area (Å²) in [5.41, 5.74) is 7.39. The molecule has 0 aliphatic rings. The first-order valence-electron chi connectivity index (χ1n) is 4.14. The van der Waals surface area contributed by atoms with Crippen molar-refractivity contribution >= 4 is 28.2 Å². The van der Waals surface area contributed by atoms with Crippen LogP contribution >= 0.6 is 11.6 Å². The topological polar surface area (TPSA) is 43.8 Å². The van der Waals surface area contributed by atoms with Gasteiger partial charge >= 0.3 is 0 Å². The summed E-state index contributed by atoms with van der Waals surface area (Å²) in [6.45, 7) is 2.84. The number of aryl methyl sites for hydroxylation is 1. The van der Waals surface area contributed by atoms with E-state index in [1.54, 1.807) is 0 Å². The molecule has 2 aromatic rings. The second kappa shape index (κ2) is 2.92. The quantitative estimate of drug-likeness (QED) is 0.710. The SMILES string of the molecule is CCn1nc(Cl)c2cc(N)ccc21. The van der Waals surface area contributed by atoms with Gasteiger partial charge in [-0.05, 0) is 25.1 Å². The van der Waals surface area contributed by atoms with Gasteiger partial charge in [0, 0.05) is 17.6 Å². The summed E-state index contributed by atoms with van der Waals surface area (Å²) < 4.78 is 1.86. The molecule has 1 aromatic heterocycles. The predicted octanol–water partition coefficient (Wildman–Crippen LogP) is 2.29. The van der Waals surface area contributed by atoms with Gasteiger partial charge in [0.05, 0.1) is 5.52 Å². The summed E-state index contributed by atoms with van der Waals surface area (Å²) in [5, 5.41) is 5.61. The van der Waals surface area contributed by atoms with Gasteiger partial charge in [-0.15, -0.1) is 0 Å². The van der Waals surface area contributed by atoms with Crippen LogP contribution in [0.2, 0.25) is 5.15 Å². The predicted molar refractivity (Wildman–Crippen MR) is 54.8 cm³/mol. The van der Waals surface area contributed by atoms with Crippen LogP contribution in [-0.2, 0) is 6.54 Å². The van der Waals surface area contributed by atoms with Crippen molar-refractivity contribution in [1.82, 2.24) is 9.78 Å². The highest BCUT2D eigenvalue weighted by molar-refractivity contribution is 6.34. The van der Waals surface area contributed by atoms with E-state index >= 15 is 0 Å². The highest BCUT2D eigenvalue weighted by atomic mass is 35.5. The summed E-state index contributed by atoms with van der Waals surface area (Å²) >= 11 is 5.94. The van der Waals surface area contributed by atoms with Crippen LogP contribution in [0.25, 0.3) is 10.9 Å². The molecule has 0 bridgehead atoms. The second-order valence-corrected chi connectivity index (χ2v) is 3.24. The van der Waals surface area contributed by atoms with Crippen LogP contribution < -0.4 is 5.73 Å². The minimum Gasteiger partial charge on any atom is -0.399 e. The van der Waals surface area contributed by atoms with Gasteiger partial charge in [-0.1, -0.05) is 11.6 Å². The van der Waals surface area contributed by atoms with E-state index in [0.717, 1.165) is 17.4 Å². The number of nitrogen functional groups attached to an aromatic ring is 1. The summed E-state index contributed by atoms with van der Waals surface area (Å²) in [4.78, 5) is 0. The van der Waals surface area contributed by atoms with E-state index in [1.165, 1.54) is 0 Å². The van der Waals surface area contributed by atoms with Crippen molar-refractivity contribution in [3.63, 3.8) is 0 Å². The van der Waals surface area contributed by atoms with E-state index < -0.39 is 0 Å². The molecular formula is C9H10ClN3. The van der Waals surface area contributed by atoms with Gasteiger partial charge in [0.25, 0.3) is 0 Å². The van der Waals surface area contributed by atoms with E-state index in [-0.39, 0.29) is 0 Å². The number of hydrogen-bond acceptors (Lipinski definition) is 2. The first kappa shape index (κ1) is 8.38. The number of fused-ring (bicyclic) bond motifs is 1. The van der Waals surface area contributed by atoms with Crippen molar-refractivity contribution in [2.75, 3.05) is 5.73 Å². The Kier molecular flexibility index (Phi) is 1.88. The zero-order chi connectivity index (χ0) is 9.42. The van der Waals surface area contributed by atoms with Crippen LogP contribution in [0.15, 0.2) is 18.2 Å². The minimum absolute atomic E-state index is 0.518. The lowest BCUT2D eigenvalue weighted by molar-refractivity contribution is 0.684. The lowest BCUT2D eigenvalue weighted by Crippen LogP contribution is -1.95. The van der Waals surface area contributed by atoms with Crippen LogP contribution in [0, 0.1) is 0 Å².